The third-order valence-electron chi connectivity index (χ3n) is 10.5. The van der Waals surface area contributed by atoms with E-state index in [0.29, 0.717) is 101 Å². The molecule has 0 aliphatic carbocycles. The second kappa shape index (κ2) is 27.4. The molecular formula is C45H57N11O9S. The molecule has 3 aromatic carbocycles. The molecule has 1 aromatic heterocycles. The molecule has 0 unspecified atom stereocenters. The molecule has 20 nitrogen and oxygen atoms in total. The SMILES string of the molecule is O=C(CCCC[C@@H]1SC[C@@H]2NC(=O)N[C@@H]21)NCCOCCOCCOCCOCCC(=O)NCCc1ccc(O)c(N=Nc2ccc(C(=O)NCc3ccc(-c4nncnn4)cc3)cc2)c1. The molecule has 2 aliphatic rings. The Labute approximate surface area is 387 Å². The fourth-order valence-corrected chi connectivity index (χ4v) is 8.50. The monoisotopic (exact) mass is 927 g/mol. The van der Waals surface area contributed by atoms with Gasteiger partial charge in [-0.15, -0.1) is 25.5 Å². The van der Waals surface area contributed by atoms with Crippen molar-refractivity contribution in [2.45, 2.75) is 62.4 Å². The van der Waals surface area contributed by atoms with E-state index in [4.69, 9.17) is 18.9 Å². The number of aromatic hydroxyl groups is 1. The smallest absolute Gasteiger partial charge is 0.315 e. The molecule has 0 spiro atoms. The van der Waals surface area contributed by atoms with Gasteiger partial charge in [-0.05, 0) is 66.8 Å². The number of carbonyl (C=O) groups excluding carboxylic acids is 4. The lowest BCUT2D eigenvalue weighted by molar-refractivity contribution is -0.122. The number of nitrogens with zero attached hydrogens (tertiary/aromatic N) is 6. The van der Waals surface area contributed by atoms with Crippen LogP contribution in [0.1, 0.15) is 53.6 Å². The van der Waals surface area contributed by atoms with Gasteiger partial charge in [0, 0.05) is 54.6 Å². The van der Waals surface area contributed by atoms with Crippen molar-refractivity contribution in [3.63, 3.8) is 0 Å². The fourth-order valence-electron chi connectivity index (χ4n) is 6.96. The summed E-state index contributed by atoms with van der Waals surface area (Å²) in [5.41, 5.74) is 3.76. The first-order valence-corrected chi connectivity index (χ1v) is 23.1. The van der Waals surface area contributed by atoms with Gasteiger partial charge in [-0.1, -0.05) is 36.8 Å². The van der Waals surface area contributed by atoms with E-state index in [1.807, 2.05) is 36.0 Å². The minimum absolute atomic E-state index is 0.0193. The van der Waals surface area contributed by atoms with Crippen LogP contribution in [0.2, 0.25) is 0 Å². The molecule has 2 aliphatic heterocycles. The van der Waals surface area contributed by atoms with Crippen LogP contribution in [0.4, 0.5) is 16.2 Å². The Morgan fingerprint density at radius 1 is 0.727 bits per heavy atom. The Kier molecular flexibility index (Phi) is 20.4. The van der Waals surface area contributed by atoms with Crippen LogP contribution in [0, 0.1) is 0 Å². The van der Waals surface area contributed by atoms with Gasteiger partial charge in [0.15, 0.2) is 6.33 Å². The maximum Gasteiger partial charge on any atom is 0.315 e. The van der Waals surface area contributed by atoms with Crippen LogP contribution in [0.15, 0.2) is 83.3 Å². The van der Waals surface area contributed by atoms with E-state index < -0.39 is 0 Å². The maximum atomic E-state index is 12.7. The summed E-state index contributed by atoms with van der Waals surface area (Å²) in [4.78, 5) is 48.7. The zero-order valence-corrected chi connectivity index (χ0v) is 37.5. The molecule has 0 saturated carbocycles. The number of hydrogen-bond donors (Lipinski definition) is 6. The van der Waals surface area contributed by atoms with Crippen LogP contribution < -0.4 is 26.6 Å². The summed E-state index contributed by atoms with van der Waals surface area (Å²) < 4.78 is 22.1. The normalized spacial score (nSPS) is 16.4. The van der Waals surface area contributed by atoms with E-state index in [1.165, 1.54) is 12.4 Å². The minimum Gasteiger partial charge on any atom is -0.506 e. The van der Waals surface area contributed by atoms with E-state index in [2.05, 4.69) is 57.2 Å². The topological polar surface area (TPSA) is 262 Å². The Morgan fingerprint density at radius 2 is 1.39 bits per heavy atom. The summed E-state index contributed by atoms with van der Waals surface area (Å²) in [6, 6.07) is 19.4. The lowest BCUT2D eigenvalue weighted by Gasteiger charge is -2.16. The number of amides is 5. The highest BCUT2D eigenvalue weighted by Crippen LogP contribution is 2.33. The lowest BCUT2D eigenvalue weighted by Crippen LogP contribution is -2.36. The second-order valence-corrected chi connectivity index (χ2v) is 16.6. The van der Waals surface area contributed by atoms with Crippen molar-refractivity contribution in [1.82, 2.24) is 47.0 Å². The van der Waals surface area contributed by atoms with Crippen molar-refractivity contribution >= 4 is 46.9 Å². The zero-order chi connectivity index (χ0) is 46.2. The van der Waals surface area contributed by atoms with Crippen LogP contribution in [-0.4, -0.2) is 138 Å². The quantitative estimate of drug-likeness (QED) is 0.0256. The first kappa shape index (κ1) is 49.3. The number of urea groups is 1. The predicted molar refractivity (Wildman–Crippen MR) is 245 cm³/mol. The average Bonchev–Trinajstić information content (AvgIpc) is 3.90. The molecule has 2 saturated heterocycles. The van der Waals surface area contributed by atoms with Gasteiger partial charge >= 0.3 is 6.03 Å². The van der Waals surface area contributed by atoms with Crippen molar-refractivity contribution in [2.24, 2.45) is 10.2 Å². The Morgan fingerprint density at radius 3 is 2.14 bits per heavy atom. The van der Waals surface area contributed by atoms with Crippen molar-refractivity contribution in [2.75, 3.05) is 71.7 Å². The number of azo groups is 1. The molecule has 352 valence electrons. The van der Waals surface area contributed by atoms with Gasteiger partial charge in [0.2, 0.25) is 17.6 Å². The first-order chi connectivity index (χ1) is 32.3. The van der Waals surface area contributed by atoms with Crippen molar-refractivity contribution < 1.29 is 43.2 Å². The zero-order valence-electron chi connectivity index (χ0n) is 36.7. The van der Waals surface area contributed by atoms with Crippen molar-refractivity contribution in [1.29, 1.82) is 0 Å². The number of carbonyl (C=O) groups is 4. The third-order valence-corrected chi connectivity index (χ3v) is 12.0. The van der Waals surface area contributed by atoms with E-state index >= 15 is 0 Å². The fraction of sp³-hybridized carbons (Fsp3) is 0.467. The number of ether oxygens (including phenoxy) is 4. The summed E-state index contributed by atoms with van der Waals surface area (Å²) in [7, 11) is 0. The second-order valence-electron chi connectivity index (χ2n) is 15.3. The summed E-state index contributed by atoms with van der Waals surface area (Å²) in [6.45, 7) is 4.22. The molecular weight excluding hydrogens is 871 g/mol. The molecule has 4 aromatic rings. The summed E-state index contributed by atoms with van der Waals surface area (Å²) in [5.74, 6) is 0.956. The number of unbranched alkanes of at least 4 members (excludes halogenated alkanes) is 1. The van der Waals surface area contributed by atoms with Gasteiger partial charge in [-0.2, -0.15) is 16.9 Å². The molecule has 0 bridgehead atoms. The Hall–Kier alpha value is -6.13. The van der Waals surface area contributed by atoms with Crippen LogP contribution >= 0.6 is 11.8 Å². The minimum atomic E-state index is -0.246. The summed E-state index contributed by atoms with van der Waals surface area (Å²) in [6.07, 6.45) is 5.24. The number of thioether (sulfide) groups is 1. The number of fused-ring (bicyclic) bond motifs is 1. The number of nitrogens with one attached hydrogen (secondary N) is 5. The van der Waals surface area contributed by atoms with Gasteiger partial charge in [-0.3, -0.25) is 14.4 Å². The largest absolute Gasteiger partial charge is 0.506 e. The van der Waals surface area contributed by atoms with Crippen LogP contribution in [0.3, 0.4) is 0 Å². The van der Waals surface area contributed by atoms with Gasteiger partial charge in [0.25, 0.3) is 5.91 Å². The third kappa shape index (κ3) is 17.0. The van der Waals surface area contributed by atoms with Gasteiger partial charge in [0.05, 0.1) is 70.6 Å². The molecule has 3 atom stereocenters. The lowest BCUT2D eigenvalue weighted by atomic mass is 10.0. The number of benzene rings is 3. The molecule has 2 fully saturated rings. The average molecular weight is 928 g/mol. The first-order valence-electron chi connectivity index (χ1n) is 22.1. The van der Waals surface area contributed by atoms with Crippen LogP contribution in [-0.2, 0) is 41.5 Å². The molecule has 3 heterocycles. The molecule has 6 rings (SSSR count). The summed E-state index contributed by atoms with van der Waals surface area (Å²) >= 11 is 1.89. The van der Waals surface area contributed by atoms with Gasteiger partial charge < -0.3 is 50.6 Å². The molecule has 66 heavy (non-hydrogen) atoms. The van der Waals surface area contributed by atoms with Crippen molar-refractivity contribution in [3.8, 4) is 17.1 Å². The highest BCUT2D eigenvalue weighted by atomic mass is 32.2. The Balaban J connectivity index is 0.720. The molecule has 6 N–H and O–H groups in total. The molecule has 5 amide bonds. The highest BCUT2D eigenvalue weighted by Gasteiger charge is 2.42. The predicted octanol–water partition coefficient (Wildman–Crippen LogP) is 3.94. The van der Waals surface area contributed by atoms with Crippen LogP contribution in [0.25, 0.3) is 11.4 Å². The number of hydrogen-bond acceptors (Lipinski definition) is 16. The van der Waals surface area contributed by atoms with Gasteiger partial charge in [-0.25, -0.2) is 4.79 Å². The van der Waals surface area contributed by atoms with E-state index in [0.717, 1.165) is 41.7 Å². The summed E-state index contributed by atoms with van der Waals surface area (Å²) in [5, 5.41) is 49.1. The maximum absolute atomic E-state index is 12.7. The molecule has 21 heteroatoms. The van der Waals surface area contributed by atoms with Crippen molar-refractivity contribution in [3.05, 3.63) is 89.7 Å². The number of phenols is 1. The van der Waals surface area contributed by atoms with Gasteiger partial charge in [0.1, 0.15) is 11.4 Å². The number of rotatable bonds is 29. The molecule has 0 radical (unpaired) electrons. The highest BCUT2D eigenvalue weighted by molar-refractivity contribution is 8.00. The van der Waals surface area contributed by atoms with E-state index in [9.17, 15) is 24.3 Å². The standard InChI is InChI=1S/C45H57N11O9S/c57-38-14-7-31(27-36(38)54-53-35-12-10-34(11-13-35)44(60)48-28-32-5-8-33(9-6-32)43-55-49-30-50-56-43)15-17-46-41(59)16-19-62-21-23-64-25-26-65-24-22-63-20-18-47-40(58)4-2-1-3-39-42-37(29-66-39)51-45(61)52-42/h5-14,27,30,37,39,42,57H,1-4,15-26,28-29H2,(H,46,59)(H,47,58)(H,48,60)(H2,51,52,61)/t37-,39-,42-/m0/s1. The Bertz CT molecular complexity index is 2170. The van der Waals surface area contributed by atoms with E-state index in [-0.39, 0.29) is 60.3 Å². The van der Waals surface area contributed by atoms with E-state index in [1.54, 1.807) is 36.4 Å². The number of aromatic nitrogens is 4. The van der Waals surface area contributed by atoms with Crippen LogP contribution in [0.5, 0.6) is 5.75 Å². The number of phenolic OH excluding ortho intramolecular Hbond substituents is 1.